The van der Waals surface area contributed by atoms with Crippen LogP contribution in [-0.4, -0.2) is 17.3 Å². The molecule has 0 aliphatic rings. The summed E-state index contributed by atoms with van der Waals surface area (Å²) in [5, 5.41) is -0.273. The van der Waals surface area contributed by atoms with E-state index in [0.717, 1.165) is 0 Å². The van der Waals surface area contributed by atoms with Crippen molar-refractivity contribution in [1.29, 1.82) is 0 Å². The Hall–Kier alpha value is -0.280. The van der Waals surface area contributed by atoms with Gasteiger partial charge in [0.1, 0.15) is 0 Å². The van der Waals surface area contributed by atoms with E-state index in [1.807, 2.05) is 0 Å². The molecule has 0 saturated carbocycles. The van der Waals surface area contributed by atoms with E-state index >= 15 is 0 Å². The summed E-state index contributed by atoms with van der Waals surface area (Å²) in [7, 11) is 0. The number of ether oxygens (including phenoxy) is 1. The summed E-state index contributed by atoms with van der Waals surface area (Å²) in [5.41, 5.74) is 0. The normalized spacial score (nSPS) is 8.00. The summed E-state index contributed by atoms with van der Waals surface area (Å²) >= 11 is 9.86. The van der Waals surface area contributed by atoms with Crippen molar-refractivity contribution in [2.45, 2.75) is 26.7 Å². The molecule has 0 aromatic heterocycles. The van der Waals surface area contributed by atoms with Crippen LogP contribution < -0.4 is 0 Å². The molecule has 0 aliphatic heterocycles. The van der Waals surface area contributed by atoms with Gasteiger partial charge in [0.15, 0.2) is 6.07 Å². The summed E-state index contributed by atoms with van der Waals surface area (Å²) < 4.78 is 4.32. The third kappa shape index (κ3) is 16.4. The maximum Gasteiger partial charge on any atom is 0.306 e. The van der Waals surface area contributed by atoms with Crippen molar-refractivity contribution in [3.8, 4) is 0 Å². The van der Waals surface area contributed by atoms with Gasteiger partial charge in [-0.15, -0.1) is 0 Å². The highest BCUT2D eigenvalue weighted by molar-refractivity contribution is 6.63. The fourth-order valence-corrected chi connectivity index (χ4v) is 0.285. The molecule has 0 saturated heterocycles. The molecule has 0 heterocycles. The van der Waals surface area contributed by atoms with Crippen LogP contribution in [0.1, 0.15) is 26.7 Å². The second-order valence-corrected chi connectivity index (χ2v) is 2.33. The number of hydrogen-bond acceptors (Lipinski definition) is 3. The molecule has 72 valence electrons. The zero-order chi connectivity index (χ0) is 9.98. The molecule has 3 nitrogen and oxygen atoms in total. The van der Waals surface area contributed by atoms with Gasteiger partial charge >= 0.3 is 5.97 Å². The van der Waals surface area contributed by atoms with Crippen molar-refractivity contribution in [3.63, 3.8) is 0 Å². The molecule has 5 heteroatoms. The smallest absolute Gasteiger partial charge is 0.306 e. The Balaban J connectivity index is 0. The Morgan fingerprint density at radius 1 is 1.25 bits per heavy atom. The van der Waals surface area contributed by atoms with Crippen molar-refractivity contribution in [2.75, 3.05) is 6.07 Å². The number of alkyl halides is 1. The zero-order valence-electron chi connectivity index (χ0n) is 7.10. The van der Waals surface area contributed by atoms with Crippen LogP contribution in [0.3, 0.4) is 0 Å². The SMILES string of the molecule is CCC(=O)Cl.CCC(=O)OCCl. The predicted molar refractivity (Wildman–Crippen MR) is 48.3 cm³/mol. The van der Waals surface area contributed by atoms with E-state index in [1.165, 1.54) is 0 Å². The maximum atomic E-state index is 10.1. The lowest BCUT2D eigenvalue weighted by atomic mass is 10.5. The third-order valence-corrected chi connectivity index (χ3v) is 1.16. The molecule has 0 aromatic carbocycles. The highest BCUT2D eigenvalue weighted by Crippen LogP contribution is 1.84. The van der Waals surface area contributed by atoms with Crippen LogP contribution in [-0.2, 0) is 14.3 Å². The van der Waals surface area contributed by atoms with Gasteiger partial charge < -0.3 is 4.74 Å². The van der Waals surface area contributed by atoms with Crippen LogP contribution in [0.5, 0.6) is 0 Å². The van der Waals surface area contributed by atoms with Crippen LogP contribution >= 0.6 is 23.2 Å². The first-order valence-corrected chi connectivity index (χ1v) is 4.39. The first-order valence-electron chi connectivity index (χ1n) is 3.48. The number of carbonyl (C=O) groups is 2. The van der Waals surface area contributed by atoms with Crippen molar-refractivity contribution in [3.05, 3.63) is 0 Å². The lowest BCUT2D eigenvalue weighted by Gasteiger charge is -1.92. The van der Waals surface area contributed by atoms with Gasteiger partial charge in [-0.25, -0.2) is 0 Å². The predicted octanol–water partition coefficient (Wildman–Crippen LogP) is 2.30. The fourth-order valence-electron chi connectivity index (χ4n) is 0.163. The van der Waals surface area contributed by atoms with Crippen LogP contribution in [0.25, 0.3) is 0 Å². The number of rotatable bonds is 3. The molecule has 0 bridgehead atoms. The van der Waals surface area contributed by atoms with Crippen LogP contribution in [0.4, 0.5) is 0 Å². The first-order chi connectivity index (χ1) is 5.58. The molecule has 0 amide bonds. The maximum absolute atomic E-state index is 10.1. The second-order valence-electron chi connectivity index (χ2n) is 1.69. The average Bonchev–Trinajstić information content (AvgIpc) is 2.06. The molecule has 0 fully saturated rings. The zero-order valence-corrected chi connectivity index (χ0v) is 8.61. The van der Waals surface area contributed by atoms with E-state index in [2.05, 4.69) is 4.74 Å². The van der Waals surface area contributed by atoms with Gasteiger partial charge in [-0.3, -0.25) is 9.59 Å². The van der Waals surface area contributed by atoms with Crippen molar-refractivity contribution in [1.82, 2.24) is 0 Å². The van der Waals surface area contributed by atoms with Crippen molar-refractivity contribution < 1.29 is 14.3 Å². The molecule has 0 spiro atoms. The van der Waals surface area contributed by atoms with Crippen LogP contribution in [0, 0.1) is 0 Å². The van der Waals surface area contributed by atoms with E-state index in [9.17, 15) is 9.59 Å². The minimum atomic E-state index is -0.273. The lowest BCUT2D eigenvalue weighted by molar-refractivity contribution is -0.141. The summed E-state index contributed by atoms with van der Waals surface area (Å²) in [6.45, 7) is 3.43. The molecule has 12 heavy (non-hydrogen) atoms. The Morgan fingerprint density at radius 3 is 1.75 bits per heavy atom. The summed E-state index contributed by atoms with van der Waals surface area (Å²) in [5.74, 6) is -0.255. The van der Waals surface area contributed by atoms with E-state index in [0.29, 0.717) is 12.8 Å². The topological polar surface area (TPSA) is 43.4 Å². The number of carbonyl (C=O) groups excluding carboxylic acids is 2. The molecular weight excluding hydrogens is 203 g/mol. The second kappa shape index (κ2) is 10.7. The van der Waals surface area contributed by atoms with Gasteiger partial charge in [-0.1, -0.05) is 25.4 Å². The molecule has 0 radical (unpaired) electrons. The fraction of sp³-hybridized carbons (Fsp3) is 0.714. The number of hydrogen-bond donors (Lipinski definition) is 0. The monoisotopic (exact) mass is 214 g/mol. The van der Waals surface area contributed by atoms with Crippen LogP contribution in [0.15, 0.2) is 0 Å². The molecule has 0 aromatic rings. The summed E-state index contributed by atoms with van der Waals surface area (Å²) in [6, 6.07) is -0.0350. The number of halogens is 2. The Labute approximate surface area is 82.0 Å². The first kappa shape index (κ1) is 14.3. The lowest BCUT2D eigenvalue weighted by Crippen LogP contribution is -1.98. The summed E-state index contributed by atoms with van der Waals surface area (Å²) in [6.07, 6.45) is 0.828. The minimum Gasteiger partial charge on any atom is -0.449 e. The van der Waals surface area contributed by atoms with Crippen LogP contribution in [0.2, 0.25) is 0 Å². The van der Waals surface area contributed by atoms with Crippen molar-refractivity contribution in [2.24, 2.45) is 0 Å². The Kier molecular flexibility index (Phi) is 12.7. The largest absolute Gasteiger partial charge is 0.449 e. The van der Waals surface area contributed by atoms with Gasteiger partial charge in [0.05, 0.1) is 0 Å². The molecule has 0 aliphatic carbocycles. The van der Waals surface area contributed by atoms with Gasteiger partial charge in [-0.2, -0.15) is 0 Å². The van der Waals surface area contributed by atoms with E-state index in [4.69, 9.17) is 23.2 Å². The standard InChI is InChI=1S/C4H7ClO2.C3H5ClO/c1-2-4(6)7-3-5;1-2-3(4)5/h2-3H2,1H3;2H2,1H3. The molecule has 0 N–H and O–H groups in total. The van der Waals surface area contributed by atoms with E-state index < -0.39 is 0 Å². The number of esters is 1. The van der Waals surface area contributed by atoms with Gasteiger partial charge in [0.2, 0.25) is 5.24 Å². The Morgan fingerprint density at radius 2 is 1.67 bits per heavy atom. The molecule has 0 atom stereocenters. The quantitative estimate of drug-likeness (QED) is 0.412. The molecule has 0 unspecified atom stereocenters. The molecular formula is C7H12Cl2O3. The van der Waals surface area contributed by atoms with Gasteiger partial charge in [0.25, 0.3) is 0 Å². The van der Waals surface area contributed by atoms with E-state index in [1.54, 1.807) is 13.8 Å². The van der Waals surface area contributed by atoms with E-state index in [-0.39, 0.29) is 17.3 Å². The van der Waals surface area contributed by atoms with Gasteiger partial charge in [0, 0.05) is 12.8 Å². The molecule has 0 rings (SSSR count). The van der Waals surface area contributed by atoms with Gasteiger partial charge in [-0.05, 0) is 11.6 Å². The highest BCUT2D eigenvalue weighted by atomic mass is 35.5. The third-order valence-electron chi connectivity index (χ3n) is 0.782. The summed E-state index contributed by atoms with van der Waals surface area (Å²) in [4.78, 5) is 19.7. The Bertz CT molecular complexity index is 137. The minimum absolute atomic E-state index is 0.0350. The average molecular weight is 215 g/mol. The highest BCUT2D eigenvalue weighted by Gasteiger charge is 1.92. The van der Waals surface area contributed by atoms with Crippen molar-refractivity contribution >= 4 is 34.4 Å².